The summed E-state index contributed by atoms with van der Waals surface area (Å²) in [6.07, 6.45) is 3.29. The molecule has 1 atom stereocenters. The molecular weight excluding hydrogens is 322 g/mol. The van der Waals surface area contributed by atoms with Gasteiger partial charge in [-0.1, -0.05) is 70.5 Å². The van der Waals surface area contributed by atoms with Crippen LogP contribution in [-0.2, 0) is 6.42 Å². The second-order valence-electron chi connectivity index (χ2n) is 5.27. The Morgan fingerprint density at radius 1 is 0.857 bits per heavy atom. The molecule has 21 heavy (non-hydrogen) atoms. The van der Waals surface area contributed by atoms with Crippen molar-refractivity contribution in [2.75, 3.05) is 0 Å². The SMILES string of the molecule is BrC(CCCc1ccc2ccccc2n1)c1ccccc1. The topological polar surface area (TPSA) is 12.9 Å². The van der Waals surface area contributed by atoms with Crippen molar-refractivity contribution in [2.45, 2.75) is 24.1 Å². The third kappa shape index (κ3) is 3.70. The summed E-state index contributed by atoms with van der Waals surface area (Å²) in [6.45, 7) is 0. The molecule has 0 aliphatic rings. The van der Waals surface area contributed by atoms with Crippen LogP contribution < -0.4 is 0 Å². The van der Waals surface area contributed by atoms with Crippen molar-refractivity contribution >= 4 is 26.8 Å². The predicted molar refractivity (Wildman–Crippen MR) is 92.8 cm³/mol. The van der Waals surface area contributed by atoms with Gasteiger partial charge in [-0.05, 0) is 37.0 Å². The minimum atomic E-state index is 0.430. The fourth-order valence-electron chi connectivity index (χ4n) is 2.54. The molecule has 3 rings (SSSR count). The van der Waals surface area contributed by atoms with Gasteiger partial charge in [0.2, 0.25) is 0 Å². The van der Waals surface area contributed by atoms with E-state index in [2.05, 4.69) is 76.6 Å². The average Bonchev–Trinajstić information content (AvgIpc) is 2.55. The number of pyridine rings is 1. The fourth-order valence-corrected chi connectivity index (χ4v) is 3.17. The van der Waals surface area contributed by atoms with E-state index in [0.29, 0.717) is 4.83 Å². The molecule has 0 N–H and O–H groups in total. The van der Waals surface area contributed by atoms with E-state index < -0.39 is 0 Å². The molecule has 0 saturated carbocycles. The first kappa shape index (κ1) is 14.3. The maximum atomic E-state index is 4.73. The van der Waals surface area contributed by atoms with Gasteiger partial charge in [-0.2, -0.15) is 0 Å². The van der Waals surface area contributed by atoms with E-state index in [1.54, 1.807) is 0 Å². The lowest BCUT2D eigenvalue weighted by molar-refractivity contribution is 0.720. The Balaban J connectivity index is 1.59. The van der Waals surface area contributed by atoms with Gasteiger partial charge in [-0.3, -0.25) is 4.98 Å². The molecule has 1 nitrogen and oxygen atoms in total. The van der Waals surface area contributed by atoms with Crippen molar-refractivity contribution in [2.24, 2.45) is 0 Å². The standard InChI is InChI=1S/C19H18BrN/c20-18(15-7-2-1-3-8-15)11-6-10-17-14-13-16-9-4-5-12-19(16)21-17/h1-5,7-9,12-14,18H,6,10-11H2. The minimum Gasteiger partial charge on any atom is -0.253 e. The van der Waals surface area contributed by atoms with Gasteiger partial charge in [0.05, 0.1) is 5.52 Å². The van der Waals surface area contributed by atoms with Gasteiger partial charge in [0.25, 0.3) is 0 Å². The van der Waals surface area contributed by atoms with E-state index in [9.17, 15) is 0 Å². The highest BCUT2D eigenvalue weighted by Crippen LogP contribution is 2.28. The van der Waals surface area contributed by atoms with Crippen LogP contribution in [0.1, 0.15) is 28.9 Å². The van der Waals surface area contributed by atoms with Crippen molar-refractivity contribution in [3.05, 3.63) is 78.0 Å². The number of alkyl halides is 1. The molecule has 0 radical (unpaired) electrons. The molecule has 3 aromatic rings. The van der Waals surface area contributed by atoms with Gasteiger partial charge < -0.3 is 0 Å². The van der Waals surface area contributed by atoms with Crippen LogP contribution in [0.3, 0.4) is 0 Å². The molecule has 106 valence electrons. The number of aryl methyl sites for hydroxylation is 1. The third-order valence-electron chi connectivity index (χ3n) is 3.71. The Labute approximate surface area is 134 Å². The lowest BCUT2D eigenvalue weighted by Gasteiger charge is -2.10. The van der Waals surface area contributed by atoms with E-state index in [-0.39, 0.29) is 0 Å². The number of para-hydroxylation sites is 1. The van der Waals surface area contributed by atoms with Crippen LogP contribution in [0.5, 0.6) is 0 Å². The molecule has 2 heteroatoms. The van der Waals surface area contributed by atoms with Crippen LogP contribution in [0.15, 0.2) is 66.7 Å². The maximum Gasteiger partial charge on any atom is 0.0705 e. The summed E-state index contributed by atoms with van der Waals surface area (Å²) in [6, 6.07) is 23.2. The summed E-state index contributed by atoms with van der Waals surface area (Å²) in [7, 11) is 0. The Kier molecular flexibility index (Phi) is 4.66. The van der Waals surface area contributed by atoms with Crippen molar-refractivity contribution in [3.8, 4) is 0 Å². The van der Waals surface area contributed by atoms with Crippen molar-refractivity contribution < 1.29 is 0 Å². The van der Waals surface area contributed by atoms with Crippen LogP contribution in [0.25, 0.3) is 10.9 Å². The molecule has 2 aromatic carbocycles. The molecule has 0 bridgehead atoms. The summed E-state index contributed by atoms with van der Waals surface area (Å²) >= 11 is 3.78. The Hall–Kier alpha value is -1.67. The molecule has 0 saturated heterocycles. The molecule has 0 amide bonds. The molecular formula is C19H18BrN. The first-order chi connectivity index (χ1) is 10.3. The highest BCUT2D eigenvalue weighted by atomic mass is 79.9. The van der Waals surface area contributed by atoms with Gasteiger partial charge in [0.1, 0.15) is 0 Å². The largest absolute Gasteiger partial charge is 0.253 e. The van der Waals surface area contributed by atoms with Crippen LogP contribution in [0, 0.1) is 0 Å². The predicted octanol–water partition coefficient (Wildman–Crippen LogP) is 5.69. The van der Waals surface area contributed by atoms with Gasteiger partial charge in [-0.15, -0.1) is 0 Å². The zero-order valence-corrected chi connectivity index (χ0v) is 13.5. The van der Waals surface area contributed by atoms with Crippen molar-refractivity contribution in [1.82, 2.24) is 4.98 Å². The second-order valence-corrected chi connectivity index (χ2v) is 6.37. The average molecular weight is 340 g/mol. The number of halogens is 1. The fraction of sp³-hybridized carbons (Fsp3) is 0.211. The van der Waals surface area contributed by atoms with Crippen LogP contribution >= 0.6 is 15.9 Å². The van der Waals surface area contributed by atoms with Gasteiger partial charge in [0.15, 0.2) is 0 Å². The second kappa shape index (κ2) is 6.86. The van der Waals surface area contributed by atoms with Gasteiger partial charge in [0, 0.05) is 15.9 Å². The summed E-state index contributed by atoms with van der Waals surface area (Å²) in [5.74, 6) is 0. The van der Waals surface area contributed by atoms with E-state index in [4.69, 9.17) is 4.98 Å². The van der Waals surface area contributed by atoms with E-state index in [1.165, 1.54) is 16.6 Å². The molecule has 0 fully saturated rings. The normalized spacial score (nSPS) is 12.4. The Morgan fingerprint density at radius 2 is 1.62 bits per heavy atom. The summed E-state index contributed by atoms with van der Waals surface area (Å²) in [5.41, 5.74) is 3.62. The highest BCUT2D eigenvalue weighted by molar-refractivity contribution is 9.09. The quantitative estimate of drug-likeness (QED) is 0.544. The molecule has 0 spiro atoms. The van der Waals surface area contributed by atoms with Gasteiger partial charge in [-0.25, -0.2) is 0 Å². The number of rotatable bonds is 5. The lowest BCUT2D eigenvalue weighted by Crippen LogP contribution is -1.94. The molecule has 1 unspecified atom stereocenters. The molecule has 1 heterocycles. The highest BCUT2D eigenvalue weighted by Gasteiger charge is 2.07. The Bertz CT molecular complexity index is 709. The number of hydrogen-bond acceptors (Lipinski definition) is 1. The lowest BCUT2D eigenvalue weighted by atomic mass is 10.1. The Morgan fingerprint density at radius 3 is 2.48 bits per heavy atom. The number of benzene rings is 2. The minimum absolute atomic E-state index is 0.430. The maximum absolute atomic E-state index is 4.73. The number of hydrogen-bond donors (Lipinski definition) is 0. The van der Waals surface area contributed by atoms with Crippen molar-refractivity contribution in [1.29, 1.82) is 0 Å². The van der Waals surface area contributed by atoms with Crippen LogP contribution in [0.4, 0.5) is 0 Å². The number of aromatic nitrogens is 1. The molecule has 0 aliphatic heterocycles. The van der Waals surface area contributed by atoms with Crippen LogP contribution in [0.2, 0.25) is 0 Å². The summed E-state index contributed by atoms with van der Waals surface area (Å²) in [4.78, 5) is 5.16. The molecule has 1 aromatic heterocycles. The number of nitrogens with zero attached hydrogens (tertiary/aromatic N) is 1. The smallest absolute Gasteiger partial charge is 0.0705 e. The van der Waals surface area contributed by atoms with Crippen molar-refractivity contribution in [3.63, 3.8) is 0 Å². The first-order valence-electron chi connectivity index (χ1n) is 7.36. The van der Waals surface area contributed by atoms with E-state index in [1.807, 2.05) is 6.07 Å². The van der Waals surface area contributed by atoms with E-state index in [0.717, 1.165) is 24.8 Å². The van der Waals surface area contributed by atoms with Gasteiger partial charge >= 0.3 is 0 Å². The number of fused-ring (bicyclic) bond motifs is 1. The summed E-state index contributed by atoms with van der Waals surface area (Å²) in [5, 5.41) is 1.21. The van der Waals surface area contributed by atoms with E-state index >= 15 is 0 Å². The zero-order valence-electron chi connectivity index (χ0n) is 11.9. The molecule has 0 aliphatic carbocycles. The zero-order chi connectivity index (χ0) is 14.5. The first-order valence-corrected chi connectivity index (χ1v) is 8.28. The monoisotopic (exact) mass is 339 g/mol. The third-order valence-corrected chi connectivity index (χ3v) is 4.69. The van der Waals surface area contributed by atoms with Crippen LogP contribution in [-0.4, -0.2) is 4.98 Å². The summed E-state index contributed by atoms with van der Waals surface area (Å²) < 4.78 is 0.